The van der Waals surface area contributed by atoms with Crippen LogP contribution in [0, 0.1) is 5.92 Å². The predicted molar refractivity (Wildman–Crippen MR) is 120 cm³/mol. The largest absolute Gasteiger partial charge is 0.497 e. The van der Waals surface area contributed by atoms with E-state index >= 15 is 0 Å². The van der Waals surface area contributed by atoms with Crippen molar-refractivity contribution in [2.45, 2.75) is 32.7 Å². The van der Waals surface area contributed by atoms with Crippen LogP contribution >= 0.6 is 22.7 Å². The lowest BCUT2D eigenvalue weighted by Gasteiger charge is -2.22. The molecular formula is C21H24N4O3S2. The highest BCUT2D eigenvalue weighted by atomic mass is 32.1. The summed E-state index contributed by atoms with van der Waals surface area (Å²) in [5.41, 5.74) is 0.886. The van der Waals surface area contributed by atoms with Crippen molar-refractivity contribution >= 4 is 39.6 Å². The summed E-state index contributed by atoms with van der Waals surface area (Å²) in [5.74, 6) is 0.271. The number of ether oxygens (including phenoxy) is 1. The molecule has 0 aliphatic carbocycles. The lowest BCUT2D eigenvalue weighted by molar-refractivity contribution is -0.127. The molecule has 1 aromatic carbocycles. The van der Waals surface area contributed by atoms with Gasteiger partial charge in [-0.1, -0.05) is 37.7 Å². The second-order valence-corrected chi connectivity index (χ2v) is 8.83. The van der Waals surface area contributed by atoms with Crippen LogP contribution in [-0.2, 0) is 16.0 Å². The Bertz CT molecular complexity index is 971. The van der Waals surface area contributed by atoms with Crippen molar-refractivity contribution in [2.75, 3.05) is 12.4 Å². The zero-order valence-electron chi connectivity index (χ0n) is 17.0. The molecule has 3 rings (SSSR count). The summed E-state index contributed by atoms with van der Waals surface area (Å²) in [7, 11) is 1.61. The Morgan fingerprint density at radius 1 is 1.17 bits per heavy atom. The van der Waals surface area contributed by atoms with Gasteiger partial charge in [0.05, 0.1) is 13.5 Å². The quantitative estimate of drug-likeness (QED) is 0.521. The fourth-order valence-electron chi connectivity index (χ4n) is 2.80. The van der Waals surface area contributed by atoms with Gasteiger partial charge >= 0.3 is 0 Å². The highest BCUT2D eigenvalue weighted by molar-refractivity contribution is 7.18. The molecule has 9 heteroatoms. The summed E-state index contributed by atoms with van der Waals surface area (Å²) in [6.45, 7) is 3.93. The van der Waals surface area contributed by atoms with Gasteiger partial charge in [-0.3, -0.25) is 14.9 Å². The molecule has 0 bridgehead atoms. The van der Waals surface area contributed by atoms with Gasteiger partial charge in [0.2, 0.25) is 16.9 Å². The number of nitrogens with one attached hydrogen (secondary N) is 2. The Morgan fingerprint density at radius 3 is 2.57 bits per heavy atom. The van der Waals surface area contributed by atoms with Crippen molar-refractivity contribution in [2.24, 2.45) is 5.92 Å². The molecule has 0 radical (unpaired) electrons. The molecule has 2 N–H and O–H groups in total. The number of carbonyl (C=O) groups excluding carboxylic acids is 2. The number of hydrogen-bond donors (Lipinski definition) is 2. The summed E-state index contributed by atoms with van der Waals surface area (Å²) in [5, 5.41) is 16.9. The molecule has 0 aliphatic heterocycles. The van der Waals surface area contributed by atoms with Crippen LogP contribution in [0.2, 0.25) is 0 Å². The summed E-state index contributed by atoms with van der Waals surface area (Å²) < 4.78 is 5.16. The first-order chi connectivity index (χ1) is 14.5. The molecule has 2 heterocycles. The molecule has 30 heavy (non-hydrogen) atoms. The lowest BCUT2D eigenvalue weighted by atomic mass is 9.98. The third-order valence-electron chi connectivity index (χ3n) is 4.72. The first-order valence-electron chi connectivity index (χ1n) is 9.60. The topological polar surface area (TPSA) is 93.2 Å². The molecule has 0 spiro atoms. The van der Waals surface area contributed by atoms with Crippen molar-refractivity contribution in [1.82, 2.24) is 15.5 Å². The highest BCUT2D eigenvalue weighted by Gasteiger charge is 2.27. The first kappa shape index (κ1) is 21.9. The molecule has 0 aliphatic rings. The van der Waals surface area contributed by atoms with E-state index in [1.807, 2.05) is 55.6 Å². The number of thiophene rings is 1. The summed E-state index contributed by atoms with van der Waals surface area (Å²) in [6.07, 6.45) is 1.02. The average Bonchev–Trinajstić information content (AvgIpc) is 3.43. The van der Waals surface area contributed by atoms with Gasteiger partial charge in [0.1, 0.15) is 16.8 Å². The molecule has 2 atom stereocenters. The van der Waals surface area contributed by atoms with Gasteiger partial charge in [0, 0.05) is 10.4 Å². The van der Waals surface area contributed by atoms with Crippen LogP contribution in [0.4, 0.5) is 5.13 Å². The monoisotopic (exact) mass is 444 g/mol. The molecule has 7 nitrogen and oxygen atoms in total. The van der Waals surface area contributed by atoms with Crippen LogP contribution in [-0.4, -0.2) is 35.2 Å². The summed E-state index contributed by atoms with van der Waals surface area (Å²) in [4.78, 5) is 26.3. The standard InChI is InChI=1S/C21H24N4O3S2/c1-4-13(2)18(22-17(26)12-16-6-5-11-29-16)19(27)23-21-25-24-20(30-21)14-7-9-15(28-3)10-8-14/h5-11,13,18H,4,12H2,1-3H3,(H,22,26)(H,23,25,27). The van der Waals surface area contributed by atoms with E-state index in [4.69, 9.17) is 4.74 Å². The lowest BCUT2D eigenvalue weighted by Crippen LogP contribution is -2.48. The van der Waals surface area contributed by atoms with Crippen molar-refractivity contribution < 1.29 is 14.3 Å². The normalized spacial score (nSPS) is 12.8. The zero-order chi connectivity index (χ0) is 21.5. The Hall–Kier alpha value is -2.78. The van der Waals surface area contributed by atoms with Crippen molar-refractivity contribution in [3.05, 3.63) is 46.7 Å². The third kappa shape index (κ3) is 5.64. The summed E-state index contributed by atoms with van der Waals surface area (Å²) >= 11 is 2.80. The number of methoxy groups -OCH3 is 1. The molecule has 0 saturated heterocycles. The number of rotatable bonds is 9. The van der Waals surface area contributed by atoms with E-state index in [1.54, 1.807) is 7.11 Å². The second kappa shape index (κ2) is 10.3. The molecule has 2 amide bonds. The Balaban J connectivity index is 1.66. The smallest absolute Gasteiger partial charge is 0.249 e. The SMILES string of the molecule is CCC(C)C(NC(=O)Cc1cccs1)C(=O)Nc1nnc(-c2ccc(OC)cc2)s1. The van der Waals surface area contributed by atoms with E-state index in [1.165, 1.54) is 22.7 Å². The van der Waals surface area contributed by atoms with E-state index in [0.717, 1.165) is 22.6 Å². The van der Waals surface area contributed by atoms with Gasteiger partial charge in [-0.15, -0.1) is 21.5 Å². The number of benzene rings is 1. The minimum absolute atomic E-state index is 0.0220. The average molecular weight is 445 g/mol. The Kier molecular flexibility index (Phi) is 7.53. The third-order valence-corrected chi connectivity index (χ3v) is 6.48. The Morgan fingerprint density at radius 2 is 1.93 bits per heavy atom. The van der Waals surface area contributed by atoms with Crippen molar-refractivity contribution in [1.29, 1.82) is 0 Å². The maximum Gasteiger partial charge on any atom is 0.249 e. The van der Waals surface area contributed by atoms with E-state index in [9.17, 15) is 9.59 Å². The second-order valence-electron chi connectivity index (χ2n) is 6.82. The molecule has 158 valence electrons. The van der Waals surface area contributed by atoms with Crippen LogP contribution in [0.1, 0.15) is 25.1 Å². The van der Waals surface area contributed by atoms with Crippen LogP contribution in [0.15, 0.2) is 41.8 Å². The van der Waals surface area contributed by atoms with Crippen LogP contribution < -0.4 is 15.4 Å². The molecule has 3 aromatic rings. The fourth-order valence-corrected chi connectivity index (χ4v) is 4.26. The molecule has 0 fully saturated rings. The van der Waals surface area contributed by atoms with Gasteiger partial charge < -0.3 is 10.1 Å². The molecule has 0 saturated carbocycles. The number of nitrogens with zero attached hydrogens (tertiary/aromatic N) is 2. The van der Waals surface area contributed by atoms with E-state index < -0.39 is 6.04 Å². The number of anilines is 1. The maximum absolute atomic E-state index is 12.9. The molecule has 2 aromatic heterocycles. The van der Waals surface area contributed by atoms with E-state index in [2.05, 4.69) is 20.8 Å². The van der Waals surface area contributed by atoms with Gasteiger partial charge in [-0.2, -0.15) is 0 Å². The van der Waals surface area contributed by atoms with Crippen LogP contribution in [0.3, 0.4) is 0 Å². The highest BCUT2D eigenvalue weighted by Crippen LogP contribution is 2.28. The zero-order valence-corrected chi connectivity index (χ0v) is 18.7. The van der Waals surface area contributed by atoms with E-state index in [0.29, 0.717) is 10.1 Å². The van der Waals surface area contributed by atoms with Gasteiger partial charge in [0.15, 0.2) is 0 Å². The van der Waals surface area contributed by atoms with Gasteiger partial charge in [0.25, 0.3) is 0 Å². The van der Waals surface area contributed by atoms with Crippen molar-refractivity contribution in [3.63, 3.8) is 0 Å². The number of carbonyl (C=O) groups is 2. The van der Waals surface area contributed by atoms with Crippen LogP contribution in [0.25, 0.3) is 10.6 Å². The minimum Gasteiger partial charge on any atom is -0.497 e. The first-order valence-corrected chi connectivity index (χ1v) is 11.3. The molecule has 2 unspecified atom stereocenters. The fraction of sp³-hybridized carbons (Fsp3) is 0.333. The van der Waals surface area contributed by atoms with Gasteiger partial charge in [-0.25, -0.2) is 0 Å². The number of amides is 2. The maximum atomic E-state index is 12.9. The Labute approximate surface area is 183 Å². The van der Waals surface area contributed by atoms with Gasteiger partial charge in [-0.05, 0) is 41.6 Å². The summed E-state index contributed by atoms with van der Waals surface area (Å²) in [6, 6.07) is 10.6. The number of aromatic nitrogens is 2. The number of hydrogen-bond acceptors (Lipinski definition) is 7. The predicted octanol–water partition coefficient (Wildman–Crippen LogP) is 3.99. The van der Waals surface area contributed by atoms with Crippen molar-refractivity contribution in [3.8, 4) is 16.3 Å². The van der Waals surface area contributed by atoms with E-state index in [-0.39, 0.29) is 24.2 Å². The minimum atomic E-state index is -0.643. The molecular weight excluding hydrogens is 420 g/mol. The van der Waals surface area contributed by atoms with Crippen LogP contribution in [0.5, 0.6) is 5.75 Å².